The smallest absolute Gasteiger partial charge is 0.0729 e. The van der Waals surface area contributed by atoms with Gasteiger partial charge >= 0.3 is 0 Å². The highest BCUT2D eigenvalue weighted by molar-refractivity contribution is 7.99. The maximum atomic E-state index is 4.39. The third-order valence-corrected chi connectivity index (χ3v) is 3.95. The molecule has 0 spiro atoms. The zero-order valence-corrected chi connectivity index (χ0v) is 10.1. The summed E-state index contributed by atoms with van der Waals surface area (Å²) in [6.07, 6.45) is 5.41. The highest BCUT2D eigenvalue weighted by atomic mass is 32.2. The standard InChI is InChI=1S/C11H17N3S/c1-9(2)14-5-6-15-11(8-14)10-7-12-3-4-13-10/h3-4,7,9,11H,5-6,8H2,1-2H3. The Balaban J connectivity index is 2.05. The first-order valence-corrected chi connectivity index (χ1v) is 6.44. The number of thioether (sulfide) groups is 1. The molecule has 1 fully saturated rings. The third-order valence-electron chi connectivity index (χ3n) is 2.74. The third kappa shape index (κ3) is 2.69. The van der Waals surface area contributed by atoms with Crippen molar-refractivity contribution in [2.24, 2.45) is 0 Å². The Kier molecular flexibility index (Phi) is 3.59. The van der Waals surface area contributed by atoms with Gasteiger partial charge in [0, 0.05) is 43.5 Å². The molecule has 1 atom stereocenters. The topological polar surface area (TPSA) is 29.0 Å². The molecule has 2 heterocycles. The van der Waals surface area contributed by atoms with Gasteiger partial charge in [0.2, 0.25) is 0 Å². The Bertz CT molecular complexity index is 302. The van der Waals surface area contributed by atoms with Crippen LogP contribution in [0.4, 0.5) is 0 Å². The molecule has 1 aliphatic heterocycles. The lowest BCUT2D eigenvalue weighted by Gasteiger charge is -2.34. The van der Waals surface area contributed by atoms with Gasteiger partial charge in [0.05, 0.1) is 10.9 Å². The van der Waals surface area contributed by atoms with E-state index in [9.17, 15) is 0 Å². The Morgan fingerprint density at radius 3 is 3.00 bits per heavy atom. The van der Waals surface area contributed by atoms with Crippen LogP contribution in [-0.4, -0.2) is 39.8 Å². The number of hydrogen-bond acceptors (Lipinski definition) is 4. The van der Waals surface area contributed by atoms with Gasteiger partial charge in [-0.3, -0.25) is 14.9 Å². The van der Waals surface area contributed by atoms with E-state index >= 15 is 0 Å². The number of hydrogen-bond donors (Lipinski definition) is 0. The fourth-order valence-electron chi connectivity index (χ4n) is 1.79. The average molecular weight is 223 g/mol. The lowest BCUT2D eigenvalue weighted by molar-refractivity contribution is 0.229. The normalized spacial score (nSPS) is 23.3. The van der Waals surface area contributed by atoms with Gasteiger partial charge in [0.25, 0.3) is 0 Å². The van der Waals surface area contributed by atoms with Gasteiger partial charge < -0.3 is 0 Å². The molecule has 82 valence electrons. The van der Waals surface area contributed by atoms with Crippen LogP contribution in [0.5, 0.6) is 0 Å². The molecule has 2 rings (SSSR count). The molecule has 0 bridgehead atoms. The van der Waals surface area contributed by atoms with E-state index in [1.54, 1.807) is 12.4 Å². The first-order valence-electron chi connectivity index (χ1n) is 5.39. The minimum absolute atomic E-state index is 0.495. The van der Waals surface area contributed by atoms with Gasteiger partial charge in [-0.25, -0.2) is 0 Å². The fraction of sp³-hybridized carbons (Fsp3) is 0.636. The van der Waals surface area contributed by atoms with Crippen LogP contribution < -0.4 is 0 Å². The van der Waals surface area contributed by atoms with E-state index in [2.05, 4.69) is 28.7 Å². The molecule has 1 aromatic rings. The molecule has 4 heteroatoms. The lowest BCUT2D eigenvalue weighted by atomic mass is 10.2. The van der Waals surface area contributed by atoms with Crippen molar-refractivity contribution in [1.29, 1.82) is 0 Å². The summed E-state index contributed by atoms with van der Waals surface area (Å²) < 4.78 is 0. The van der Waals surface area contributed by atoms with Crippen molar-refractivity contribution in [2.45, 2.75) is 25.1 Å². The summed E-state index contributed by atoms with van der Waals surface area (Å²) in [5, 5.41) is 0.495. The average Bonchev–Trinajstić information content (AvgIpc) is 2.30. The van der Waals surface area contributed by atoms with Crippen molar-refractivity contribution in [1.82, 2.24) is 14.9 Å². The van der Waals surface area contributed by atoms with Crippen LogP contribution in [-0.2, 0) is 0 Å². The van der Waals surface area contributed by atoms with E-state index in [0.29, 0.717) is 11.3 Å². The van der Waals surface area contributed by atoms with Gasteiger partial charge in [-0.15, -0.1) is 11.8 Å². The molecule has 1 aromatic heterocycles. The molecule has 0 radical (unpaired) electrons. The monoisotopic (exact) mass is 223 g/mol. The molecule has 1 aliphatic rings. The molecule has 3 nitrogen and oxygen atoms in total. The summed E-state index contributed by atoms with van der Waals surface area (Å²) in [6, 6.07) is 0.630. The second-order valence-electron chi connectivity index (χ2n) is 4.08. The largest absolute Gasteiger partial charge is 0.299 e. The molecule has 1 unspecified atom stereocenters. The van der Waals surface area contributed by atoms with Crippen LogP contribution >= 0.6 is 11.8 Å². The zero-order chi connectivity index (χ0) is 10.7. The van der Waals surface area contributed by atoms with Crippen LogP contribution in [0, 0.1) is 0 Å². The highest BCUT2D eigenvalue weighted by Gasteiger charge is 2.24. The van der Waals surface area contributed by atoms with Gasteiger partial charge in [-0.05, 0) is 13.8 Å². The number of nitrogens with zero attached hydrogens (tertiary/aromatic N) is 3. The van der Waals surface area contributed by atoms with Crippen LogP contribution in [0.25, 0.3) is 0 Å². The zero-order valence-electron chi connectivity index (χ0n) is 9.26. The predicted octanol–water partition coefficient (Wildman–Crippen LogP) is 1.97. The van der Waals surface area contributed by atoms with Gasteiger partial charge in [-0.1, -0.05) is 0 Å². The fourth-order valence-corrected chi connectivity index (χ4v) is 3.01. The van der Waals surface area contributed by atoms with Crippen molar-refractivity contribution >= 4 is 11.8 Å². The van der Waals surface area contributed by atoms with Crippen molar-refractivity contribution in [3.63, 3.8) is 0 Å². The number of rotatable bonds is 2. The Morgan fingerprint density at radius 2 is 2.33 bits per heavy atom. The molecule has 0 aromatic carbocycles. The van der Waals surface area contributed by atoms with Crippen LogP contribution in [0.1, 0.15) is 24.8 Å². The van der Waals surface area contributed by atoms with Crippen LogP contribution in [0.2, 0.25) is 0 Å². The van der Waals surface area contributed by atoms with E-state index < -0.39 is 0 Å². The molecule has 0 aliphatic carbocycles. The molecule has 0 N–H and O–H groups in total. The first-order chi connectivity index (χ1) is 7.27. The van der Waals surface area contributed by atoms with Crippen LogP contribution in [0.3, 0.4) is 0 Å². The van der Waals surface area contributed by atoms with Gasteiger partial charge in [-0.2, -0.15) is 0 Å². The Morgan fingerprint density at radius 1 is 1.47 bits per heavy atom. The van der Waals surface area contributed by atoms with Crippen molar-refractivity contribution in [3.8, 4) is 0 Å². The molecular formula is C11H17N3S. The predicted molar refractivity (Wildman–Crippen MR) is 63.9 cm³/mol. The first kappa shape index (κ1) is 10.9. The molecule has 1 saturated heterocycles. The van der Waals surface area contributed by atoms with Gasteiger partial charge in [0.1, 0.15) is 0 Å². The quantitative estimate of drug-likeness (QED) is 0.766. The second-order valence-corrected chi connectivity index (χ2v) is 5.39. The summed E-state index contributed by atoms with van der Waals surface area (Å²) >= 11 is 1.99. The summed E-state index contributed by atoms with van der Waals surface area (Å²) in [7, 11) is 0. The summed E-state index contributed by atoms with van der Waals surface area (Å²) in [5.74, 6) is 1.19. The maximum absolute atomic E-state index is 4.39. The minimum Gasteiger partial charge on any atom is -0.299 e. The highest BCUT2D eigenvalue weighted by Crippen LogP contribution is 2.32. The number of aromatic nitrogens is 2. The van der Waals surface area contributed by atoms with Crippen molar-refractivity contribution < 1.29 is 0 Å². The minimum atomic E-state index is 0.495. The molecular weight excluding hydrogens is 206 g/mol. The second kappa shape index (κ2) is 4.94. The van der Waals surface area contributed by atoms with E-state index in [1.807, 2.05) is 18.0 Å². The van der Waals surface area contributed by atoms with E-state index in [4.69, 9.17) is 0 Å². The van der Waals surface area contributed by atoms with Crippen LogP contribution in [0.15, 0.2) is 18.6 Å². The van der Waals surface area contributed by atoms with E-state index in [0.717, 1.165) is 12.2 Å². The SMILES string of the molecule is CC(C)N1CCSC(c2cnccn2)C1. The van der Waals surface area contributed by atoms with Crippen molar-refractivity contribution in [3.05, 3.63) is 24.3 Å². The maximum Gasteiger partial charge on any atom is 0.0729 e. The van der Waals surface area contributed by atoms with E-state index in [1.165, 1.54) is 12.3 Å². The Hall–Kier alpha value is -0.610. The van der Waals surface area contributed by atoms with E-state index in [-0.39, 0.29) is 0 Å². The molecule has 15 heavy (non-hydrogen) atoms. The summed E-state index contributed by atoms with van der Waals surface area (Å²) in [6.45, 7) is 6.80. The van der Waals surface area contributed by atoms with Crippen molar-refractivity contribution in [2.75, 3.05) is 18.8 Å². The van der Waals surface area contributed by atoms with Gasteiger partial charge in [0.15, 0.2) is 0 Å². The molecule has 0 saturated carbocycles. The Labute approximate surface area is 95.3 Å². The lowest BCUT2D eigenvalue weighted by Crippen LogP contribution is -2.39. The summed E-state index contributed by atoms with van der Waals surface area (Å²) in [5.41, 5.74) is 1.12. The molecule has 0 amide bonds. The summed E-state index contributed by atoms with van der Waals surface area (Å²) in [4.78, 5) is 11.0.